The van der Waals surface area contributed by atoms with Crippen molar-refractivity contribution in [1.29, 1.82) is 0 Å². The number of rotatable bonds is 3. The molecule has 0 aliphatic heterocycles. The van der Waals surface area contributed by atoms with Crippen molar-refractivity contribution in [3.8, 4) is 0 Å². The number of nitrogens with one attached hydrogen (secondary N) is 1. The van der Waals surface area contributed by atoms with Gasteiger partial charge in [0.1, 0.15) is 5.01 Å². The first kappa shape index (κ1) is 10.9. The van der Waals surface area contributed by atoms with Crippen molar-refractivity contribution >= 4 is 32.8 Å². The Hall–Kier alpha value is -1.23. The summed E-state index contributed by atoms with van der Waals surface area (Å²) in [6.07, 6.45) is 1.86. The van der Waals surface area contributed by atoms with Gasteiger partial charge in [0.15, 0.2) is 0 Å². The van der Waals surface area contributed by atoms with Gasteiger partial charge in [-0.1, -0.05) is 18.2 Å². The van der Waals surface area contributed by atoms with Crippen LogP contribution in [0.15, 0.2) is 41.2 Å². The third-order valence-corrected chi connectivity index (χ3v) is 4.63. The zero-order valence-electron chi connectivity index (χ0n) is 9.38. The number of nitrogens with zero attached hydrogens (tertiary/aromatic N) is 1. The Morgan fingerprint density at radius 3 is 2.88 bits per heavy atom. The molecule has 4 heteroatoms. The summed E-state index contributed by atoms with van der Waals surface area (Å²) in [6.45, 7) is 0. The van der Waals surface area contributed by atoms with Crippen LogP contribution in [-0.2, 0) is 0 Å². The average Bonchev–Trinajstić information content (AvgIpc) is 3.01. The molecule has 0 radical (unpaired) electrons. The first-order valence-corrected chi connectivity index (χ1v) is 7.19. The summed E-state index contributed by atoms with van der Waals surface area (Å²) in [5.74, 6) is 0. The van der Waals surface area contributed by atoms with Crippen LogP contribution in [0.2, 0.25) is 0 Å². The maximum Gasteiger partial charge on any atom is 0.114 e. The molecule has 3 rings (SSSR count). The lowest BCUT2D eigenvalue weighted by molar-refractivity contribution is 0.693. The van der Waals surface area contributed by atoms with E-state index in [-0.39, 0.29) is 6.04 Å². The number of thiophene rings is 1. The molecule has 0 aliphatic carbocycles. The Morgan fingerprint density at radius 1 is 1.24 bits per heavy atom. The summed E-state index contributed by atoms with van der Waals surface area (Å²) in [5.41, 5.74) is 1.32. The maximum atomic E-state index is 4.41. The first-order chi connectivity index (χ1) is 8.40. The zero-order chi connectivity index (χ0) is 11.7. The monoisotopic (exact) mass is 260 g/mol. The van der Waals surface area contributed by atoms with Gasteiger partial charge in [-0.15, -0.1) is 22.7 Å². The fourth-order valence-corrected chi connectivity index (χ4v) is 3.76. The van der Waals surface area contributed by atoms with Crippen molar-refractivity contribution in [3.05, 3.63) is 51.8 Å². The first-order valence-electron chi connectivity index (χ1n) is 5.43. The smallest absolute Gasteiger partial charge is 0.114 e. The predicted molar refractivity (Wildman–Crippen MR) is 74.8 cm³/mol. The molecule has 2 aromatic heterocycles. The minimum atomic E-state index is 0.200. The Bertz CT molecular complexity index is 613. The van der Waals surface area contributed by atoms with Crippen LogP contribution in [0.3, 0.4) is 0 Å². The Labute approximate surface area is 108 Å². The summed E-state index contributed by atoms with van der Waals surface area (Å²) >= 11 is 3.49. The highest BCUT2D eigenvalue weighted by Gasteiger charge is 2.17. The highest BCUT2D eigenvalue weighted by Crippen LogP contribution is 2.33. The molecule has 17 heavy (non-hydrogen) atoms. The second kappa shape index (κ2) is 4.56. The largest absolute Gasteiger partial charge is 0.307 e. The van der Waals surface area contributed by atoms with Gasteiger partial charge in [0.05, 0.1) is 6.04 Å². The molecule has 0 bridgehead atoms. The van der Waals surface area contributed by atoms with Gasteiger partial charge in [-0.2, -0.15) is 0 Å². The molecular weight excluding hydrogens is 248 g/mol. The van der Waals surface area contributed by atoms with E-state index in [0.29, 0.717) is 0 Å². The van der Waals surface area contributed by atoms with Crippen molar-refractivity contribution in [3.63, 3.8) is 0 Å². The van der Waals surface area contributed by atoms with Gasteiger partial charge in [0.25, 0.3) is 0 Å². The van der Waals surface area contributed by atoms with Crippen LogP contribution < -0.4 is 5.32 Å². The highest BCUT2D eigenvalue weighted by molar-refractivity contribution is 7.17. The normalized spacial score (nSPS) is 13.0. The fraction of sp³-hybridized carbons (Fsp3) is 0.154. The second-order valence-electron chi connectivity index (χ2n) is 3.78. The number of hydrogen-bond donors (Lipinski definition) is 1. The Morgan fingerprint density at radius 2 is 2.12 bits per heavy atom. The lowest BCUT2D eigenvalue weighted by Gasteiger charge is -2.12. The van der Waals surface area contributed by atoms with Crippen molar-refractivity contribution < 1.29 is 0 Å². The molecule has 86 valence electrons. The van der Waals surface area contributed by atoms with E-state index >= 15 is 0 Å². The number of aromatic nitrogens is 1. The SMILES string of the molecule is CNC(c1nccs1)c1csc2ccccc12. The molecule has 0 amide bonds. The topological polar surface area (TPSA) is 24.9 Å². The molecule has 1 unspecified atom stereocenters. The molecular formula is C13H12N2S2. The van der Waals surface area contributed by atoms with Crippen molar-refractivity contribution in [2.24, 2.45) is 0 Å². The molecule has 0 spiro atoms. The van der Waals surface area contributed by atoms with Crippen molar-refractivity contribution in [1.82, 2.24) is 10.3 Å². The van der Waals surface area contributed by atoms with Gasteiger partial charge in [-0.05, 0) is 29.4 Å². The highest BCUT2D eigenvalue weighted by atomic mass is 32.1. The van der Waals surface area contributed by atoms with Gasteiger partial charge in [0, 0.05) is 16.3 Å². The van der Waals surface area contributed by atoms with Crippen molar-refractivity contribution in [2.75, 3.05) is 7.05 Å². The van der Waals surface area contributed by atoms with E-state index in [1.807, 2.05) is 18.6 Å². The van der Waals surface area contributed by atoms with Gasteiger partial charge < -0.3 is 5.32 Å². The molecule has 2 heterocycles. The van der Waals surface area contributed by atoms with Crippen LogP contribution in [0.5, 0.6) is 0 Å². The number of hydrogen-bond acceptors (Lipinski definition) is 4. The Balaban J connectivity index is 2.13. The van der Waals surface area contributed by atoms with Crippen LogP contribution in [0.1, 0.15) is 16.6 Å². The van der Waals surface area contributed by atoms with Crippen LogP contribution in [0.4, 0.5) is 0 Å². The fourth-order valence-electron chi connectivity index (χ4n) is 2.01. The summed E-state index contributed by atoms with van der Waals surface area (Å²) in [5, 5.41) is 10.1. The Kier molecular flexibility index (Phi) is 2.93. The molecule has 2 nitrogen and oxygen atoms in total. The third-order valence-electron chi connectivity index (χ3n) is 2.81. The van der Waals surface area contributed by atoms with Crippen LogP contribution in [-0.4, -0.2) is 12.0 Å². The predicted octanol–water partition coefficient (Wildman–Crippen LogP) is 3.67. The molecule has 0 saturated heterocycles. The number of thiazole rings is 1. The van der Waals surface area contributed by atoms with E-state index in [1.165, 1.54) is 15.6 Å². The van der Waals surface area contributed by atoms with Crippen LogP contribution in [0, 0.1) is 0 Å². The van der Waals surface area contributed by atoms with Gasteiger partial charge in [0.2, 0.25) is 0 Å². The quantitative estimate of drug-likeness (QED) is 0.777. The minimum absolute atomic E-state index is 0.200. The lowest BCUT2D eigenvalue weighted by Crippen LogP contribution is -2.16. The van der Waals surface area contributed by atoms with E-state index in [0.717, 1.165) is 5.01 Å². The van der Waals surface area contributed by atoms with E-state index in [2.05, 4.69) is 39.9 Å². The minimum Gasteiger partial charge on any atom is -0.307 e. The zero-order valence-corrected chi connectivity index (χ0v) is 11.0. The summed E-state index contributed by atoms with van der Waals surface area (Å²) in [4.78, 5) is 4.41. The van der Waals surface area contributed by atoms with E-state index < -0.39 is 0 Å². The number of benzene rings is 1. The van der Waals surface area contributed by atoms with E-state index in [1.54, 1.807) is 22.7 Å². The molecule has 0 aliphatic rings. The molecule has 1 N–H and O–H groups in total. The average molecular weight is 260 g/mol. The standard InChI is InChI=1S/C13H12N2S2/c1-14-12(13-15-6-7-16-13)10-8-17-11-5-3-2-4-9(10)11/h2-8,12,14H,1H3. The van der Waals surface area contributed by atoms with E-state index in [9.17, 15) is 0 Å². The van der Waals surface area contributed by atoms with Gasteiger partial charge in [-0.3, -0.25) is 0 Å². The molecule has 0 fully saturated rings. The molecule has 1 aromatic carbocycles. The second-order valence-corrected chi connectivity index (χ2v) is 5.62. The van der Waals surface area contributed by atoms with E-state index in [4.69, 9.17) is 0 Å². The molecule has 1 atom stereocenters. The molecule has 3 aromatic rings. The lowest BCUT2D eigenvalue weighted by atomic mass is 10.1. The third kappa shape index (κ3) is 1.88. The summed E-state index contributed by atoms with van der Waals surface area (Å²) in [7, 11) is 1.98. The summed E-state index contributed by atoms with van der Waals surface area (Å²) in [6, 6.07) is 8.72. The van der Waals surface area contributed by atoms with Crippen LogP contribution in [0.25, 0.3) is 10.1 Å². The molecule has 0 saturated carbocycles. The maximum absolute atomic E-state index is 4.41. The van der Waals surface area contributed by atoms with Gasteiger partial charge in [-0.25, -0.2) is 4.98 Å². The summed E-state index contributed by atoms with van der Waals surface area (Å²) < 4.78 is 1.33. The number of fused-ring (bicyclic) bond motifs is 1. The van der Waals surface area contributed by atoms with Crippen molar-refractivity contribution in [2.45, 2.75) is 6.04 Å². The van der Waals surface area contributed by atoms with Crippen LogP contribution >= 0.6 is 22.7 Å². The van der Waals surface area contributed by atoms with Gasteiger partial charge >= 0.3 is 0 Å².